The predicted octanol–water partition coefficient (Wildman–Crippen LogP) is 1.99. The second kappa shape index (κ2) is 10.7. The number of imidazole rings is 1. The summed E-state index contributed by atoms with van der Waals surface area (Å²) >= 11 is 0. The third-order valence-electron chi connectivity index (χ3n) is 4.64. The Morgan fingerprint density at radius 2 is 2.00 bits per heavy atom. The summed E-state index contributed by atoms with van der Waals surface area (Å²) in [6.07, 6.45) is 7.50. The van der Waals surface area contributed by atoms with Crippen LogP contribution in [0.4, 0.5) is 4.79 Å². The molecule has 1 aromatic carbocycles. The largest absolute Gasteiger partial charge is 0.379 e. The van der Waals surface area contributed by atoms with E-state index < -0.39 is 0 Å². The molecule has 27 heavy (non-hydrogen) atoms. The molecule has 7 heteroatoms. The average molecular weight is 371 g/mol. The van der Waals surface area contributed by atoms with Crippen LogP contribution in [-0.2, 0) is 24.4 Å². The van der Waals surface area contributed by atoms with Crippen LogP contribution < -0.4 is 10.6 Å². The molecule has 2 N–H and O–H groups in total. The van der Waals surface area contributed by atoms with E-state index in [1.54, 1.807) is 6.20 Å². The van der Waals surface area contributed by atoms with Crippen molar-refractivity contribution in [3.05, 3.63) is 54.1 Å². The second-order valence-corrected chi connectivity index (χ2v) is 6.83. The molecule has 0 radical (unpaired) electrons. The molecule has 1 fully saturated rings. The van der Waals surface area contributed by atoms with Crippen molar-refractivity contribution in [3.63, 3.8) is 0 Å². The van der Waals surface area contributed by atoms with Gasteiger partial charge in [0.25, 0.3) is 0 Å². The Morgan fingerprint density at radius 1 is 1.15 bits per heavy atom. The van der Waals surface area contributed by atoms with Gasteiger partial charge in [0.05, 0.1) is 19.5 Å². The quantitative estimate of drug-likeness (QED) is 0.662. The maximum atomic E-state index is 12.0. The highest BCUT2D eigenvalue weighted by atomic mass is 16.5. The summed E-state index contributed by atoms with van der Waals surface area (Å²) in [5, 5.41) is 5.85. The Morgan fingerprint density at radius 3 is 2.81 bits per heavy atom. The number of nitrogens with zero attached hydrogens (tertiary/aromatic N) is 3. The monoisotopic (exact) mass is 371 g/mol. The van der Waals surface area contributed by atoms with Crippen LogP contribution in [0.1, 0.15) is 24.0 Å². The third kappa shape index (κ3) is 7.03. The van der Waals surface area contributed by atoms with Crippen LogP contribution in [-0.4, -0.2) is 53.3 Å². The molecule has 2 heterocycles. The number of carbonyl (C=O) groups excluding carboxylic acids is 1. The van der Waals surface area contributed by atoms with E-state index in [-0.39, 0.29) is 6.03 Å². The number of hydrogen-bond donors (Lipinski definition) is 2. The van der Waals surface area contributed by atoms with Gasteiger partial charge in [-0.3, -0.25) is 4.90 Å². The van der Waals surface area contributed by atoms with Crippen molar-refractivity contribution in [2.45, 2.75) is 32.5 Å². The van der Waals surface area contributed by atoms with Crippen molar-refractivity contribution < 1.29 is 9.53 Å². The zero-order chi connectivity index (χ0) is 18.7. The van der Waals surface area contributed by atoms with Crippen LogP contribution in [0.25, 0.3) is 0 Å². The van der Waals surface area contributed by atoms with Gasteiger partial charge in [0.1, 0.15) is 0 Å². The Bertz CT molecular complexity index is 683. The number of carbonyl (C=O) groups is 1. The molecule has 1 aliphatic heterocycles. The Labute approximate surface area is 160 Å². The van der Waals surface area contributed by atoms with Crippen LogP contribution in [0, 0.1) is 0 Å². The molecule has 0 bridgehead atoms. The fourth-order valence-corrected chi connectivity index (χ4v) is 3.14. The smallest absolute Gasteiger partial charge is 0.315 e. The van der Waals surface area contributed by atoms with E-state index in [1.165, 1.54) is 5.56 Å². The summed E-state index contributed by atoms with van der Waals surface area (Å²) in [5.74, 6) is 0. The van der Waals surface area contributed by atoms with Crippen molar-refractivity contribution in [2.24, 2.45) is 0 Å². The number of amides is 2. The van der Waals surface area contributed by atoms with Crippen LogP contribution in [0.15, 0.2) is 43.0 Å². The Hall–Kier alpha value is -2.38. The first-order valence-electron chi connectivity index (χ1n) is 9.65. The first kappa shape index (κ1) is 19.4. The Kier molecular flexibility index (Phi) is 7.68. The van der Waals surface area contributed by atoms with E-state index in [0.717, 1.165) is 57.8 Å². The predicted molar refractivity (Wildman–Crippen MR) is 104 cm³/mol. The number of unbranched alkanes of at least 4 members (excludes halogenated alkanes) is 1. The average Bonchev–Trinajstić information content (AvgIpc) is 3.21. The maximum Gasteiger partial charge on any atom is 0.315 e. The van der Waals surface area contributed by atoms with E-state index in [1.807, 2.05) is 23.2 Å². The van der Waals surface area contributed by atoms with Crippen LogP contribution >= 0.6 is 0 Å². The number of aromatic nitrogens is 2. The van der Waals surface area contributed by atoms with Gasteiger partial charge in [0.15, 0.2) is 0 Å². The van der Waals surface area contributed by atoms with Gasteiger partial charge in [-0.15, -0.1) is 0 Å². The standard InChI is InChI=1S/C20H29N5O2/c26-20(22-6-1-2-8-25-9-7-21-17-25)23-15-18-4-3-5-19(14-18)16-24-10-12-27-13-11-24/h3-5,7,9,14,17H,1-2,6,8,10-13,15-16H2,(H2,22,23,26). The summed E-state index contributed by atoms with van der Waals surface area (Å²) in [6.45, 7) is 6.65. The third-order valence-corrected chi connectivity index (χ3v) is 4.64. The van der Waals surface area contributed by atoms with E-state index in [0.29, 0.717) is 13.1 Å². The van der Waals surface area contributed by atoms with Crippen molar-refractivity contribution in [3.8, 4) is 0 Å². The van der Waals surface area contributed by atoms with Crippen LogP contribution in [0.2, 0.25) is 0 Å². The molecule has 0 spiro atoms. The van der Waals surface area contributed by atoms with Gasteiger partial charge in [-0.2, -0.15) is 0 Å². The number of nitrogens with one attached hydrogen (secondary N) is 2. The lowest BCUT2D eigenvalue weighted by molar-refractivity contribution is 0.0342. The maximum absolute atomic E-state index is 12.0. The molecule has 7 nitrogen and oxygen atoms in total. The van der Waals surface area contributed by atoms with Crippen molar-refractivity contribution >= 4 is 6.03 Å². The summed E-state index contributed by atoms with van der Waals surface area (Å²) in [5.41, 5.74) is 2.40. The molecule has 0 saturated carbocycles. The molecule has 0 unspecified atom stereocenters. The minimum atomic E-state index is -0.115. The number of benzene rings is 1. The fourth-order valence-electron chi connectivity index (χ4n) is 3.14. The number of morpholine rings is 1. The van der Waals surface area contributed by atoms with Crippen molar-refractivity contribution in [2.75, 3.05) is 32.8 Å². The number of hydrogen-bond acceptors (Lipinski definition) is 4. The molecule has 1 saturated heterocycles. The minimum Gasteiger partial charge on any atom is -0.379 e. The number of rotatable bonds is 9. The number of aryl methyl sites for hydroxylation is 1. The zero-order valence-electron chi connectivity index (χ0n) is 15.8. The van der Waals surface area contributed by atoms with Gasteiger partial charge >= 0.3 is 6.03 Å². The van der Waals surface area contributed by atoms with E-state index in [2.05, 4.69) is 38.7 Å². The number of urea groups is 1. The van der Waals surface area contributed by atoms with Crippen LogP contribution in [0.5, 0.6) is 0 Å². The SMILES string of the molecule is O=C(NCCCCn1ccnc1)NCc1cccc(CN2CCOCC2)c1. The van der Waals surface area contributed by atoms with Crippen LogP contribution in [0.3, 0.4) is 0 Å². The van der Waals surface area contributed by atoms with Crippen molar-refractivity contribution in [1.82, 2.24) is 25.1 Å². The molecule has 3 rings (SSSR count). The first-order valence-corrected chi connectivity index (χ1v) is 9.65. The lowest BCUT2D eigenvalue weighted by Gasteiger charge is -2.26. The summed E-state index contributed by atoms with van der Waals surface area (Å²) in [4.78, 5) is 18.4. The molecule has 0 atom stereocenters. The highest BCUT2D eigenvalue weighted by Crippen LogP contribution is 2.10. The lowest BCUT2D eigenvalue weighted by Crippen LogP contribution is -2.36. The molecule has 1 aliphatic rings. The van der Waals surface area contributed by atoms with Gasteiger partial charge in [0.2, 0.25) is 0 Å². The highest BCUT2D eigenvalue weighted by Gasteiger charge is 2.10. The molecular formula is C20H29N5O2. The second-order valence-electron chi connectivity index (χ2n) is 6.83. The molecular weight excluding hydrogens is 342 g/mol. The fraction of sp³-hybridized carbons (Fsp3) is 0.500. The summed E-state index contributed by atoms with van der Waals surface area (Å²) in [6, 6.07) is 8.30. The number of ether oxygens (including phenoxy) is 1. The van der Waals surface area contributed by atoms with E-state index in [4.69, 9.17) is 4.74 Å². The Balaban J connectivity index is 1.31. The van der Waals surface area contributed by atoms with Gasteiger partial charge in [-0.05, 0) is 24.0 Å². The van der Waals surface area contributed by atoms with Crippen molar-refractivity contribution in [1.29, 1.82) is 0 Å². The molecule has 2 amide bonds. The minimum absolute atomic E-state index is 0.115. The first-order chi connectivity index (χ1) is 13.3. The van der Waals surface area contributed by atoms with Gasteiger partial charge < -0.3 is 19.9 Å². The molecule has 1 aromatic heterocycles. The highest BCUT2D eigenvalue weighted by molar-refractivity contribution is 5.73. The summed E-state index contributed by atoms with van der Waals surface area (Å²) in [7, 11) is 0. The van der Waals surface area contributed by atoms with Gasteiger partial charge in [-0.25, -0.2) is 9.78 Å². The topological polar surface area (TPSA) is 71.4 Å². The molecule has 2 aromatic rings. The zero-order valence-corrected chi connectivity index (χ0v) is 15.8. The van der Waals surface area contributed by atoms with Gasteiger partial charge in [-0.1, -0.05) is 24.3 Å². The van der Waals surface area contributed by atoms with E-state index >= 15 is 0 Å². The van der Waals surface area contributed by atoms with Gasteiger partial charge in [0, 0.05) is 51.7 Å². The van der Waals surface area contributed by atoms with E-state index in [9.17, 15) is 4.79 Å². The molecule has 0 aliphatic carbocycles. The molecule has 146 valence electrons. The lowest BCUT2D eigenvalue weighted by atomic mass is 10.1. The summed E-state index contributed by atoms with van der Waals surface area (Å²) < 4.78 is 7.44. The normalized spacial score (nSPS) is 14.8.